The van der Waals surface area contributed by atoms with E-state index in [1.165, 1.54) is 4.90 Å². The summed E-state index contributed by atoms with van der Waals surface area (Å²) < 4.78 is 18.9. The van der Waals surface area contributed by atoms with E-state index in [0.717, 1.165) is 110 Å². The highest BCUT2D eigenvalue weighted by molar-refractivity contribution is 7.13. The van der Waals surface area contributed by atoms with Crippen LogP contribution < -0.4 is 25.6 Å². The molecule has 4 aliphatic heterocycles. The number of hydrogen-bond donors (Lipinski definition) is 5. The number of aryl methyl sites for hydroxylation is 1. The molecule has 1 aliphatic carbocycles. The third-order valence-electron chi connectivity index (χ3n) is 17.3. The first kappa shape index (κ1) is 55.2. The quantitative estimate of drug-likeness (QED) is 0.0590. The number of ether oxygens (including phenoxy) is 2. The molecule has 6 aromatic rings. The molecule has 424 valence electrons. The van der Waals surface area contributed by atoms with Crippen LogP contribution in [0.15, 0.2) is 89.0 Å². The maximum absolute atomic E-state index is 14.4. The van der Waals surface area contributed by atoms with Crippen LogP contribution in [0, 0.1) is 18.8 Å². The number of β-amino-alcohol motifs (C(OH)–C–C–N with tert-alkyl or cyclic N) is 1. The fourth-order valence-corrected chi connectivity index (χ4v) is 13.2. The summed E-state index contributed by atoms with van der Waals surface area (Å²) in [6.07, 6.45) is 8.11. The number of nitrogens with two attached hydrogens (primary N) is 1. The van der Waals surface area contributed by atoms with Gasteiger partial charge in [-0.1, -0.05) is 55.4 Å². The van der Waals surface area contributed by atoms with Gasteiger partial charge in [0.1, 0.15) is 23.8 Å². The molecule has 0 unspecified atom stereocenters. The van der Waals surface area contributed by atoms with Gasteiger partial charge < -0.3 is 60.0 Å². The lowest BCUT2D eigenvalue weighted by atomic mass is 9.84. The van der Waals surface area contributed by atoms with E-state index in [4.69, 9.17) is 19.7 Å². The van der Waals surface area contributed by atoms with Crippen LogP contribution in [0.4, 0.5) is 17.3 Å². The van der Waals surface area contributed by atoms with E-state index in [2.05, 4.69) is 45.3 Å². The van der Waals surface area contributed by atoms with E-state index in [0.29, 0.717) is 60.6 Å². The summed E-state index contributed by atoms with van der Waals surface area (Å²) in [6.45, 7) is 13.8. The number of aliphatic hydroxyl groups is 2. The number of amides is 2. The highest BCUT2D eigenvalue weighted by Crippen LogP contribution is 2.40. The van der Waals surface area contributed by atoms with Gasteiger partial charge in [-0.15, -0.1) is 21.5 Å². The molecule has 8 heterocycles. The number of benzene rings is 2. The van der Waals surface area contributed by atoms with Gasteiger partial charge in [-0.3, -0.25) is 9.59 Å². The number of carbonyl (C=O) groups is 2. The number of para-hydroxylation sites is 1. The monoisotopic (exact) mass is 1110 g/mol. The van der Waals surface area contributed by atoms with Gasteiger partial charge >= 0.3 is 0 Å². The normalized spacial score (nSPS) is 22.8. The molecule has 2 amide bonds. The first-order valence-electron chi connectivity index (χ1n) is 28.6. The van der Waals surface area contributed by atoms with E-state index in [-0.39, 0.29) is 60.8 Å². The molecular weight excluding hydrogens is 1030 g/mol. The van der Waals surface area contributed by atoms with Gasteiger partial charge in [0.15, 0.2) is 17.4 Å². The summed E-state index contributed by atoms with van der Waals surface area (Å²) >= 11 is 1.60. The fraction of sp³-hybridized carbons (Fsp3) is 0.517. The number of hydrogen-bond acceptors (Lipinski definition) is 18. The minimum absolute atomic E-state index is 0.0101. The molecule has 0 radical (unpaired) electrons. The molecule has 19 nitrogen and oxygen atoms in total. The number of aromatic nitrogens is 5. The molecule has 5 fully saturated rings. The summed E-state index contributed by atoms with van der Waals surface area (Å²) in [6, 6.07) is 21.5. The molecule has 5 aliphatic rings. The smallest absolute Gasteiger partial charge is 0.243 e. The standard InChI is InChI=1S/C60H75N11O8S/c1-36(2)55(59(75)71-34-43(72)28-50(71)58(74)64-37(3)40-9-11-41(12-10-40)56-38(4)63-35-80-56)52-32-53(67-79-52)70-23-14-39(15-24-70)33-68-21-16-44(17-22-68)77-45-29-46(30-45)78-54-27-42(13-20-62-54)60(76)18-25-69(26-19-60)49-31-48(65-66-57(49)61)47-7-5-6-8-51(47)73/h5-13,20,27,31-32,35-37,39,43-46,50,55,72-73,76H,14-19,21-26,28-30,33-34H2,1-4H3,(H2,61,66)(H,64,74)/t37-,43+,45?,46?,50-,55+/m0/s1. The number of aliphatic hydroxyl groups excluding tert-OH is 1. The summed E-state index contributed by atoms with van der Waals surface area (Å²) in [5, 5.41) is 49.0. The lowest BCUT2D eigenvalue weighted by Crippen LogP contribution is -2.48. The second-order valence-electron chi connectivity index (χ2n) is 23.1. The Balaban J connectivity index is 0.594. The van der Waals surface area contributed by atoms with Crippen LogP contribution in [0.1, 0.15) is 113 Å². The molecule has 4 saturated heterocycles. The largest absolute Gasteiger partial charge is 0.507 e. The molecule has 6 N–H and O–H groups in total. The Bertz CT molecular complexity index is 3090. The predicted molar refractivity (Wildman–Crippen MR) is 305 cm³/mol. The van der Waals surface area contributed by atoms with Gasteiger partial charge in [0.2, 0.25) is 17.7 Å². The van der Waals surface area contributed by atoms with Crippen molar-refractivity contribution in [3.05, 3.63) is 107 Å². The van der Waals surface area contributed by atoms with Crippen LogP contribution >= 0.6 is 11.3 Å². The van der Waals surface area contributed by atoms with Crippen LogP contribution in [0.2, 0.25) is 0 Å². The Labute approximate surface area is 471 Å². The fourth-order valence-electron chi connectivity index (χ4n) is 12.4. The van der Waals surface area contributed by atoms with E-state index in [9.17, 15) is 24.9 Å². The number of likely N-dealkylation sites (tertiary alicyclic amines) is 2. The Morgan fingerprint density at radius 2 is 1.62 bits per heavy atom. The van der Waals surface area contributed by atoms with Crippen molar-refractivity contribution >= 4 is 40.5 Å². The zero-order valence-corrected chi connectivity index (χ0v) is 47.0. The van der Waals surface area contributed by atoms with Crippen LogP contribution in [0.5, 0.6) is 11.6 Å². The van der Waals surface area contributed by atoms with Gasteiger partial charge in [0.05, 0.1) is 57.4 Å². The second-order valence-corrected chi connectivity index (χ2v) is 24.0. The summed E-state index contributed by atoms with van der Waals surface area (Å²) in [7, 11) is 0. The Morgan fingerprint density at radius 1 is 0.875 bits per heavy atom. The highest BCUT2D eigenvalue weighted by atomic mass is 32.1. The van der Waals surface area contributed by atoms with E-state index in [1.807, 2.05) is 87.8 Å². The number of nitrogen functional groups attached to an aromatic ring is 1. The minimum Gasteiger partial charge on any atom is -0.507 e. The number of phenolic OH excluding ortho intramolecular Hbond substituents is 1. The number of piperidine rings is 3. The molecule has 2 aromatic carbocycles. The van der Waals surface area contributed by atoms with Gasteiger partial charge in [-0.25, -0.2) is 9.97 Å². The number of rotatable bonds is 17. The average molecular weight is 1110 g/mol. The topological polar surface area (TPSA) is 242 Å². The van der Waals surface area contributed by atoms with Crippen molar-refractivity contribution < 1.29 is 38.9 Å². The molecule has 0 bridgehead atoms. The number of nitrogens with zero attached hydrogens (tertiary/aromatic N) is 9. The molecule has 20 heteroatoms. The number of pyridine rings is 1. The molecule has 1 saturated carbocycles. The first-order valence-corrected chi connectivity index (χ1v) is 29.4. The summed E-state index contributed by atoms with van der Waals surface area (Å²) in [5.41, 5.74) is 12.7. The van der Waals surface area contributed by atoms with Crippen molar-refractivity contribution in [2.24, 2.45) is 11.8 Å². The molecule has 4 atom stereocenters. The lowest BCUT2D eigenvalue weighted by molar-refractivity contribution is -0.141. The van der Waals surface area contributed by atoms with Crippen molar-refractivity contribution in [2.75, 3.05) is 67.9 Å². The van der Waals surface area contributed by atoms with Crippen molar-refractivity contribution in [1.82, 2.24) is 40.4 Å². The van der Waals surface area contributed by atoms with Crippen molar-refractivity contribution in [3.63, 3.8) is 0 Å². The molecular formula is C60H75N11O8S. The Hall–Kier alpha value is -6.71. The molecule has 80 heavy (non-hydrogen) atoms. The minimum atomic E-state index is -1.05. The van der Waals surface area contributed by atoms with Crippen LogP contribution in [-0.2, 0) is 19.9 Å². The predicted octanol–water partition coefficient (Wildman–Crippen LogP) is 7.62. The number of phenols is 1. The van der Waals surface area contributed by atoms with Gasteiger partial charge in [-0.05, 0) is 105 Å². The zero-order valence-electron chi connectivity index (χ0n) is 46.2. The number of aromatic hydroxyl groups is 1. The Morgan fingerprint density at radius 3 is 2.34 bits per heavy atom. The van der Waals surface area contributed by atoms with Crippen molar-refractivity contribution in [1.29, 1.82) is 0 Å². The molecule has 0 spiro atoms. The zero-order chi connectivity index (χ0) is 55.7. The number of anilines is 3. The second kappa shape index (κ2) is 23.8. The van der Waals surface area contributed by atoms with Crippen LogP contribution in [0.3, 0.4) is 0 Å². The van der Waals surface area contributed by atoms with Crippen LogP contribution in [0.25, 0.3) is 21.7 Å². The van der Waals surface area contributed by atoms with E-state index >= 15 is 0 Å². The number of carbonyl (C=O) groups excluding carboxylic acids is 2. The van der Waals surface area contributed by atoms with Crippen LogP contribution in [-0.4, -0.2) is 145 Å². The first-order chi connectivity index (χ1) is 38.6. The van der Waals surface area contributed by atoms with Gasteiger partial charge in [-0.2, -0.15) is 0 Å². The highest BCUT2D eigenvalue weighted by Gasteiger charge is 2.44. The maximum atomic E-state index is 14.4. The number of thiazole rings is 1. The summed E-state index contributed by atoms with van der Waals surface area (Å²) in [5.74, 6) is 1.37. The molecule has 11 rings (SSSR count). The van der Waals surface area contributed by atoms with E-state index in [1.54, 1.807) is 35.7 Å². The van der Waals surface area contributed by atoms with Gasteiger partial charge in [0.25, 0.3) is 0 Å². The molecule has 4 aromatic heterocycles. The van der Waals surface area contributed by atoms with Crippen molar-refractivity contribution in [2.45, 2.75) is 134 Å². The SMILES string of the molecule is Cc1ncsc1-c1ccc([C@H](C)NC(=O)[C@@H]2C[C@@H](O)CN2C(=O)[C@@H](c2cc(N3CCC(CN4CCC(OC5CC(Oc6cc(C7(O)CCN(c8cc(-c9ccccc9O)nnc8N)CC7)ccn6)C5)CC4)CC3)no2)C(C)C)cc1. The van der Waals surface area contributed by atoms with Gasteiger partial charge in [0, 0.05) is 95.5 Å². The lowest BCUT2D eigenvalue weighted by Gasteiger charge is -2.41. The third-order valence-corrected chi connectivity index (χ3v) is 18.3. The Kier molecular flexibility index (Phi) is 16.4. The average Bonchev–Trinajstić information content (AvgIpc) is 4.24. The maximum Gasteiger partial charge on any atom is 0.243 e. The van der Waals surface area contributed by atoms with Crippen molar-refractivity contribution in [3.8, 4) is 33.3 Å². The summed E-state index contributed by atoms with van der Waals surface area (Å²) in [4.78, 5) is 46.7. The number of nitrogens with one attached hydrogen (secondary N) is 1. The third kappa shape index (κ3) is 12.1. The van der Waals surface area contributed by atoms with E-state index < -0.39 is 23.7 Å².